The zero-order chi connectivity index (χ0) is 13.8. The van der Waals surface area contributed by atoms with Gasteiger partial charge in [-0.1, -0.05) is 67.9 Å². The van der Waals surface area contributed by atoms with Gasteiger partial charge in [0.1, 0.15) is 6.10 Å². The normalized spacial score (nSPS) is 12.7. The molecule has 0 fully saturated rings. The number of hydrogen-bond acceptors (Lipinski definition) is 1. The number of aryl methyl sites for hydroxylation is 1. The van der Waals surface area contributed by atoms with E-state index < -0.39 is 6.10 Å². The summed E-state index contributed by atoms with van der Waals surface area (Å²) in [4.78, 5) is 0. The van der Waals surface area contributed by atoms with Crippen LogP contribution in [0.1, 0.15) is 42.2 Å². The molecule has 1 atom stereocenters. The molecule has 0 aliphatic heterocycles. The molecule has 0 aliphatic carbocycles. The second-order valence-corrected chi connectivity index (χ2v) is 5.66. The van der Waals surface area contributed by atoms with Crippen molar-refractivity contribution in [2.45, 2.75) is 33.3 Å². The summed E-state index contributed by atoms with van der Waals surface area (Å²) in [6.07, 6.45) is 0.550. The minimum Gasteiger partial charge on any atom is -0.384 e. The fourth-order valence-corrected chi connectivity index (χ4v) is 2.34. The third-order valence-corrected chi connectivity index (χ3v) is 3.30. The molecular formula is C18H22O. The van der Waals surface area contributed by atoms with Gasteiger partial charge in [0.2, 0.25) is 0 Å². The van der Waals surface area contributed by atoms with Crippen molar-refractivity contribution in [1.29, 1.82) is 0 Å². The van der Waals surface area contributed by atoms with E-state index in [1.807, 2.05) is 43.3 Å². The minimum absolute atomic E-state index is 0.534. The predicted molar refractivity (Wildman–Crippen MR) is 80.2 cm³/mol. The molecule has 0 amide bonds. The van der Waals surface area contributed by atoms with Gasteiger partial charge < -0.3 is 5.11 Å². The van der Waals surface area contributed by atoms with Crippen molar-refractivity contribution in [2.24, 2.45) is 5.92 Å². The quantitative estimate of drug-likeness (QED) is 0.863. The summed E-state index contributed by atoms with van der Waals surface area (Å²) in [6.45, 7) is 6.48. The van der Waals surface area contributed by atoms with E-state index in [1.54, 1.807) is 0 Å². The smallest absolute Gasteiger partial charge is 0.104 e. The zero-order valence-electron chi connectivity index (χ0n) is 11.9. The Balaban J connectivity index is 2.17. The molecular weight excluding hydrogens is 232 g/mol. The highest BCUT2D eigenvalue weighted by molar-refractivity contribution is 5.33. The Labute approximate surface area is 115 Å². The number of benzene rings is 2. The summed E-state index contributed by atoms with van der Waals surface area (Å²) in [7, 11) is 0. The minimum atomic E-state index is -0.534. The highest BCUT2D eigenvalue weighted by atomic mass is 16.3. The maximum atomic E-state index is 10.4. The summed E-state index contributed by atoms with van der Waals surface area (Å²) in [6, 6.07) is 16.3. The third-order valence-electron chi connectivity index (χ3n) is 3.30. The average Bonchev–Trinajstić information content (AvgIpc) is 2.38. The molecule has 0 aliphatic rings. The van der Waals surface area contributed by atoms with Gasteiger partial charge in [-0.25, -0.2) is 0 Å². The summed E-state index contributed by atoms with van der Waals surface area (Å²) >= 11 is 0. The van der Waals surface area contributed by atoms with Crippen molar-refractivity contribution in [3.8, 4) is 0 Å². The SMILES string of the molecule is Cc1cccc(C(O)c2ccc(CC(C)C)cc2)c1. The number of rotatable bonds is 4. The van der Waals surface area contributed by atoms with Crippen LogP contribution >= 0.6 is 0 Å². The van der Waals surface area contributed by atoms with Gasteiger partial charge in [-0.3, -0.25) is 0 Å². The first-order valence-corrected chi connectivity index (χ1v) is 6.89. The maximum Gasteiger partial charge on any atom is 0.104 e. The molecule has 1 heteroatoms. The molecule has 1 nitrogen and oxygen atoms in total. The second-order valence-electron chi connectivity index (χ2n) is 5.66. The lowest BCUT2D eigenvalue weighted by Crippen LogP contribution is -2.01. The van der Waals surface area contributed by atoms with E-state index in [9.17, 15) is 5.11 Å². The standard InChI is InChI=1S/C18H22O/c1-13(2)11-15-7-9-16(10-8-15)18(19)17-6-4-5-14(3)12-17/h4-10,12-13,18-19H,11H2,1-3H3. The van der Waals surface area contributed by atoms with Crippen molar-refractivity contribution in [3.05, 3.63) is 70.8 Å². The first-order valence-electron chi connectivity index (χ1n) is 6.89. The van der Waals surface area contributed by atoms with Crippen molar-refractivity contribution in [2.75, 3.05) is 0 Å². The Kier molecular flexibility index (Phi) is 4.39. The van der Waals surface area contributed by atoms with Crippen LogP contribution in [-0.2, 0) is 6.42 Å². The van der Waals surface area contributed by atoms with Crippen LogP contribution in [-0.4, -0.2) is 5.11 Å². The van der Waals surface area contributed by atoms with Crippen LogP contribution in [0.5, 0.6) is 0 Å². The number of hydrogen-bond donors (Lipinski definition) is 1. The Hall–Kier alpha value is -1.60. The van der Waals surface area contributed by atoms with Gasteiger partial charge in [0, 0.05) is 0 Å². The first-order chi connectivity index (χ1) is 9.06. The van der Waals surface area contributed by atoms with E-state index in [4.69, 9.17) is 0 Å². The fraction of sp³-hybridized carbons (Fsp3) is 0.333. The van der Waals surface area contributed by atoms with Gasteiger partial charge in [0.15, 0.2) is 0 Å². The predicted octanol–water partition coefficient (Wildman–Crippen LogP) is 4.28. The van der Waals surface area contributed by atoms with Gasteiger partial charge in [-0.05, 0) is 36.0 Å². The van der Waals surface area contributed by atoms with Crippen LogP contribution in [0.15, 0.2) is 48.5 Å². The lowest BCUT2D eigenvalue weighted by molar-refractivity contribution is 0.220. The molecule has 1 unspecified atom stereocenters. The molecule has 0 aromatic heterocycles. The molecule has 2 aromatic carbocycles. The van der Waals surface area contributed by atoms with E-state index in [2.05, 4.69) is 26.0 Å². The van der Waals surface area contributed by atoms with Crippen LogP contribution < -0.4 is 0 Å². The molecule has 0 radical (unpaired) electrons. The Morgan fingerprint density at radius 1 is 0.947 bits per heavy atom. The highest BCUT2D eigenvalue weighted by Gasteiger charge is 2.10. The largest absolute Gasteiger partial charge is 0.384 e. The number of aliphatic hydroxyl groups is 1. The van der Waals surface area contributed by atoms with E-state index in [0.29, 0.717) is 5.92 Å². The van der Waals surface area contributed by atoms with Crippen molar-refractivity contribution < 1.29 is 5.11 Å². The Morgan fingerprint density at radius 2 is 1.63 bits per heavy atom. The van der Waals surface area contributed by atoms with E-state index in [1.165, 1.54) is 11.1 Å². The molecule has 0 bridgehead atoms. The van der Waals surface area contributed by atoms with Crippen LogP contribution in [0.2, 0.25) is 0 Å². The molecule has 0 saturated heterocycles. The van der Waals surface area contributed by atoms with E-state index >= 15 is 0 Å². The summed E-state index contributed by atoms with van der Waals surface area (Å²) in [5, 5.41) is 10.4. The third kappa shape index (κ3) is 3.68. The summed E-state index contributed by atoms with van der Waals surface area (Å²) < 4.78 is 0. The molecule has 100 valence electrons. The van der Waals surface area contributed by atoms with Gasteiger partial charge in [0.25, 0.3) is 0 Å². The Bertz CT molecular complexity index is 526. The summed E-state index contributed by atoms with van der Waals surface area (Å²) in [5.41, 5.74) is 4.41. The Morgan fingerprint density at radius 3 is 2.21 bits per heavy atom. The van der Waals surface area contributed by atoms with Crippen LogP contribution in [0.25, 0.3) is 0 Å². The molecule has 2 rings (SSSR count). The fourth-order valence-electron chi connectivity index (χ4n) is 2.34. The second kappa shape index (κ2) is 6.03. The highest BCUT2D eigenvalue weighted by Crippen LogP contribution is 2.23. The monoisotopic (exact) mass is 254 g/mol. The molecule has 1 N–H and O–H groups in total. The van der Waals surface area contributed by atoms with Crippen LogP contribution in [0.4, 0.5) is 0 Å². The van der Waals surface area contributed by atoms with Gasteiger partial charge in [0.05, 0.1) is 0 Å². The molecule has 19 heavy (non-hydrogen) atoms. The number of aliphatic hydroxyl groups excluding tert-OH is 1. The topological polar surface area (TPSA) is 20.2 Å². The van der Waals surface area contributed by atoms with Crippen molar-refractivity contribution in [1.82, 2.24) is 0 Å². The first kappa shape index (κ1) is 13.8. The zero-order valence-corrected chi connectivity index (χ0v) is 11.9. The van der Waals surface area contributed by atoms with Crippen LogP contribution in [0, 0.1) is 12.8 Å². The van der Waals surface area contributed by atoms with Crippen molar-refractivity contribution in [3.63, 3.8) is 0 Å². The van der Waals surface area contributed by atoms with E-state index in [-0.39, 0.29) is 0 Å². The molecule has 0 heterocycles. The molecule has 0 spiro atoms. The van der Waals surface area contributed by atoms with Gasteiger partial charge in [-0.15, -0.1) is 0 Å². The lowest BCUT2D eigenvalue weighted by atomic mass is 9.97. The molecule has 2 aromatic rings. The van der Waals surface area contributed by atoms with E-state index in [0.717, 1.165) is 17.5 Å². The average molecular weight is 254 g/mol. The lowest BCUT2D eigenvalue weighted by Gasteiger charge is -2.13. The van der Waals surface area contributed by atoms with Gasteiger partial charge in [-0.2, -0.15) is 0 Å². The van der Waals surface area contributed by atoms with Crippen LogP contribution in [0.3, 0.4) is 0 Å². The molecule has 0 saturated carbocycles. The maximum absolute atomic E-state index is 10.4. The van der Waals surface area contributed by atoms with Crippen molar-refractivity contribution >= 4 is 0 Å². The van der Waals surface area contributed by atoms with Gasteiger partial charge >= 0.3 is 0 Å². The summed E-state index contributed by atoms with van der Waals surface area (Å²) in [5.74, 6) is 0.660.